The van der Waals surface area contributed by atoms with Crippen LogP contribution in [-0.2, 0) is 16.1 Å². The summed E-state index contributed by atoms with van der Waals surface area (Å²) in [7, 11) is 0. The van der Waals surface area contributed by atoms with Crippen molar-refractivity contribution in [3.63, 3.8) is 0 Å². The molecule has 0 fully saturated rings. The molecule has 2 N–H and O–H groups in total. The van der Waals surface area contributed by atoms with Gasteiger partial charge >= 0.3 is 0 Å². The van der Waals surface area contributed by atoms with Crippen LogP contribution in [0, 0.1) is 12.8 Å². The minimum atomic E-state index is -0.284. The third kappa shape index (κ3) is 6.94. The molecule has 8 heteroatoms. The smallest absolute Gasteiger partial charge is 0.257 e. The number of nitrogens with one attached hydrogen (secondary N) is 2. The summed E-state index contributed by atoms with van der Waals surface area (Å²) in [5.74, 6) is 0.499. The van der Waals surface area contributed by atoms with Crippen molar-refractivity contribution in [1.82, 2.24) is 15.1 Å². The number of hydrogen-bond acceptors (Lipinski definition) is 4. The van der Waals surface area contributed by atoms with Crippen molar-refractivity contribution >= 4 is 35.2 Å². The third-order valence-corrected chi connectivity index (χ3v) is 4.31. The molecule has 7 nitrogen and oxygen atoms in total. The van der Waals surface area contributed by atoms with Crippen LogP contribution in [0.3, 0.4) is 0 Å². The Morgan fingerprint density at radius 3 is 2.59 bits per heavy atom. The molecular weight excluding hydrogens is 392 g/mol. The number of aryl methyl sites for hydroxylation is 1. The third-order valence-electron chi connectivity index (χ3n) is 3.91. The number of rotatable bonds is 9. The molecule has 1 aromatic heterocycles. The molecule has 0 atom stereocenters. The summed E-state index contributed by atoms with van der Waals surface area (Å²) in [4.78, 5) is 23.6. The van der Waals surface area contributed by atoms with Gasteiger partial charge in [-0.1, -0.05) is 25.4 Å². The Bertz CT molecular complexity index is 873. The van der Waals surface area contributed by atoms with Crippen LogP contribution in [0.5, 0.6) is 5.75 Å². The molecule has 0 bridgehead atoms. The maximum absolute atomic E-state index is 12.2. The van der Waals surface area contributed by atoms with E-state index in [2.05, 4.69) is 29.6 Å². The number of ether oxygens (including phenoxy) is 1. The molecule has 2 amide bonds. The topological polar surface area (TPSA) is 85.2 Å². The maximum atomic E-state index is 12.2. The Labute approximate surface area is 176 Å². The van der Waals surface area contributed by atoms with Crippen LogP contribution in [0.15, 0.2) is 30.3 Å². The summed E-state index contributed by atoms with van der Waals surface area (Å²) >= 11 is 6.38. The van der Waals surface area contributed by atoms with E-state index in [1.807, 2.05) is 13.8 Å². The highest BCUT2D eigenvalue weighted by Gasteiger charge is 2.12. The maximum Gasteiger partial charge on any atom is 0.257 e. The van der Waals surface area contributed by atoms with Crippen LogP contribution in [0.2, 0.25) is 5.15 Å². The molecule has 0 saturated carbocycles. The van der Waals surface area contributed by atoms with Crippen molar-refractivity contribution in [1.29, 1.82) is 0 Å². The van der Waals surface area contributed by atoms with Gasteiger partial charge in [-0.05, 0) is 50.1 Å². The van der Waals surface area contributed by atoms with Crippen LogP contribution in [0.1, 0.15) is 32.0 Å². The highest BCUT2D eigenvalue weighted by molar-refractivity contribution is 6.31. The first-order valence-electron chi connectivity index (χ1n) is 9.51. The van der Waals surface area contributed by atoms with Gasteiger partial charge in [0.05, 0.1) is 5.69 Å². The second-order valence-corrected chi connectivity index (χ2v) is 7.31. The zero-order valence-electron chi connectivity index (χ0n) is 17.2. The quantitative estimate of drug-likeness (QED) is 0.608. The lowest BCUT2D eigenvalue weighted by Gasteiger charge is -2.07. The fraction of sp³-hybridized carbons (Fsp3) is 0.381. The minimum Gasteiger partial charge on any atom is -0.484 e. The van der Waals surface area contributed by atoms with E-state index in [9.17, 15) is 9.59 Å². The van der Waals surface area contributed by atoms with Crippen LogP contribution in [-0.4, -0.2) is 34.7 Å². The predicted molar refractivity (Wildman–Crippen MR) is 115 cm³/mol. The number of hydrogen-bond donors (Lipinski definition) is 2. The zero-order chi connectivity index (χ0) is 21.4. The van der Waals surface area contributed by atoms with Gasteiger partial charge in [0, 0.05) is 30.4 Å². The van der Waals surface area contributed by atoms with Crippen molar-refractivity contribution in [3.8, 4) is 5.75 Å². The molecule has 156 valence electrons. The van der Waals surface area contributed by atoms with Crippen LogP contribution < -0.4 is 15.4 Å². The fourth-order valence-corrected chi connectivity index (χ4v) is 2.90. The Morgan fingerprint density at radius 1 is 1.28 bits per heavy atom. The van der Waals surface area contributed by atoms with E-state index in [0.29, 0.717) is 35.6 Å². The molecule has 0 radical (unpaired) electrons. The summed E-state index contributed by atoms with van der Waals surface area (Å²) in [5.41, 5.74) is 2.12. The lowest BCUT2D eigenvalue weighted by Crippen LogP contribution is -2.28. The normalized spacial score (nSPS) is 11.1. The van der Waals surface area contributed by atoms with E-state index in [4.69, 9.17) is 16.3 Å². The van der Waals surface area contributed by atoms with Gasteiger partial charge in [-0.25, -0.2) is 0 Å². The van der Waals surface area contributed by atoms with Crippen molar-refractivity contribution in [2.24, 2.45) is 5.92 Å². The second-order valence-electron chi connectivity index (χ2n) is 6.95. The van der Waals surface area contributed by atoms with E-state index in [1.165, 1.54) is 6.08 Å². The molecule has 1 aromatic carbocycles. The number of aromatic nitrogens is 2. The second kappa shape index (κ2) is 10.7. The first kappa shape index (κ1) is 22.5. The summed E-state index contributed by atoms with van der Waals surface area (Å²) in [6.45, 7) is 9.11. The number of likely N-dealkylation sites (N-methyl/N-ethyl adjacent to an activating group) is 1. The molecule has 0 aliphatic rings. The molecule has 2 aromatic rings. The molecule has 1 heterocycles. The standard InChI is InChI=1S/C21H27ClN4O3/c1-5-23-20(28)13-29-17-8-6-16(7-9-17)24-19(27)11-10-18-15(4)25-26(21(18)22)12-14(2)3/h6-11,14H,5,12-13H2,1-4H3,(H,23,28)(H,24,27)/b11-10+. The Kier molecular flexibility index (Phi) is 8.27. The van der Waals surface area contributed by atoms with Gasteiger partial charge in [0.15, 0.2) is 6.61 Å². The number of nitrogens with zero attached hydrogens (tertiary/aromatic N) is 2. The number of halogens is 1. The highest BCUT2D eigenvalue weighted by Crippen LogP contribution is 2.22. The lowest BCUT2D eigenvalue weighted by molar-refractivity contribution is -0.123. The van der Waals surface area contributed by atoms with Gasteiger partial charge < -0.3 is 15.4 Å². The van der Waals surface area contributed by atoms with Crippen LogP contribution >= 0.6 is 11.6 Å². The summed E-state index contributed by atoms with van der Waals surface area (Å²) in [5, 5.41) is 10.4. The van der Waals surface area contributed by atoms with E-state index in [1.54, 1.807) is 35.0 Å². The summed E-state index contributed by atoms with van der Waals surface area (Å²) in [6.07, 6.45) is 3.09. The molecule has 0 aliphatic heterocycles. The number of carbonyl (C=O) groups excluding carboxylic acids is 2. The first-order chi connectivity index (χ1) is 13.8. The molecule has 2 rings (SSSR count). The van der Waals surface area contributed by atoms with Crippen LogP contribution in [0.4, 0.5) is 5.69 Å². The predicted octanol–water partition coefficient (Wildman–Crippen LogP) is 3.67. The van der Waals surface area contributed by atoms with Gasteiger partial charge in [-0.2, -0.15) is 5.10 Å². The van der Waals surface area contributed by atoms with Gasteiger partial charge in [0.1, 0.15) is 10.9 Å². The van der Waals surface area contributed by atoms with Crippen molar-refractivity contribution in [3.05, 3.63) is 46.8 Å². The molecule has 0 saturated heterocycles. The molecule has 0 aliphatic carbocycles. The fourth-order valence-electron chi connectivity index (χ4n) is 2.60. The van der Waals surface area contributed by atoms with Crippen molar-refractivity contribution in [2.45, 2.75) is 34.2 Å². The Morgan fingerprint density at radius 2 is 1.97 bits per heavy atom. The number of benzene rings is 1. The number of anilines is 1. The van der Waals surface area contributed by atoms with Crippen molar-refractivity contribution < 1.29 is 14.3 Å². The van der Waals surface area contributed by atoms with Gasteiger partial charge in [0.25, 0.3) is 5.91 Å². The van der Waals surface area contributed by atoms with E-state index in [-0.39, 0.29) is 18.4 Å². The monoisotopic (exact) mass is 418 g/mol. The molecule has 0 spiro atoms. The van der Waals surface area contributed by atoms with E-state index in [0.717, 1.165) is 11.3 Å². The molecule has 29 heavy (non-hydrogen) atoms. The average molecular weight is 419 g/mol. The minimum absolute atomic E-state index is 0.0487. The van der Waals surface area contributed by atoms with Gasteiger partial charge in [-0.15, -0.1) is 0 Å². The highest BCUT2D eigenvalue weighted by atomic mass is 35.5. The molecule has 0 unspecified atom stereocenters. The lowest BCUT2D eigenvalue weighted by atomic mass is 10.2. The average Bonchev–Trinajstić information content (AvgIpc) is 2.92. The van der Waals surface area contributed by atoms with Gasteiger partial charge in [-0.3, -0.25) is 14.3 Å². The Hall–Kier alpha value is -2.80. The largest absolute Gasteiger partial charge is 0.484 e. The molecular formula is C21H27ClN4O3. The van der Waals surface area contributed by atoms with E-state index < -0.39 is 0 Å². The van der Waals surface area contributed by atoms with E-state index >= 15 is 0 Å². The van der Waals surface area contributed by atoms with Crippen LogP contribution in [0.25, 0.3) is 6.08 Å². The number of carbonyl (C=O) groups is 2. The zero-order valence-corrected chi connectivity index (χ0v) is 17.9. The van der Waals surface area contributed by atoms with Gasteiger partial charge in [0.2, 0.25) is 5.91 Å². The summed E-state index contributed by atoms with van der Waals surface area (Å²) < 4.78 is 7.13. The number of amides is 2. The first-order valence-corrected chi connectivity index (χ1v) is 9.89. The Balaban J connectivity index is 1.94. The SMILES string of the molecule is CCNC(=O)COc1ccc(NC(=O)/C=C/c2c(C)nn(CC(C)C)c2Cl)cc1. The van der Waals surface area contributed by atoms with Crippen molar-refractivity contribution in [2.75, 3.05) is 18.5 Å². The summed E-state index contributed by atoms with van der Waals surface area (Å²) in [6, 6.07) is 6.79.